The lowest BCUT2D eigenvalue weighted by molar-refractivity contribution is 0.344. The van der Waals surface area contributed by atoms with Crippen LogP contribution in [0.4, 0.5) is 0 Å². The molecule has 0 saturated carbocycles. The van der Waals surface area contributed by atoms with Gasteiger partial charge in [0.25, 0.3) is 0 Å². The first-order valence-electron chi connectivity index (χ1n) is 8.67. The van der Waals surface area contributed by atoms with Crippen molar-refractivity contribution in [3.8, 4) is 11.5 Å². The molecule has 2 rings (SSSR count). The molecule has 0 unspecified atom stereocenters. The summed E-state index contributed by atoms with van der Waals surface area (Å²) in [5.74, 6) is 1.16. The van der Waals surface area contributed by atoms with E-state index in [9.17, 15) is 5.11 Å². The second kappa shape index (κ2) is 8.58. The topological polar surface area (TPSA) is 29.5 Å². The molecule has 0 saturated heterocycles. The van der Waals surface area contributed by atoms with Gasteiger partial charge in [0.2, 0.25) is 0 Å². The maximum absolute atomic E-state index is 10.4. The van der Waals surface area contributed by atoms with Crippen molar-refractivity contribution in [2.45, 2.75) is 47.0 Å². The van der Waals surface area contributed by atoms with E-state index in [2.05, 4.69) is 45.1 Å². The summed E-state index contributed by atoms with van der Waals surface area (Å²) in [5, 5.41) is 12.4. The summed E-state index contributed by atoms with van der Waals surface area (Å²) in [5.41, 5.74) is 3.67. The smallest absolute Gasteiger partial charge is 0.127 e. The van der Waals surface area contributed by atoms with Gasteiger partial charge in [-0.25, -0.2) is 0 Å². The average Bonchev–Trinajstić information content (AvgIpc) is 2.53. The molecule has 0 fully saturated rings. The summed E-state index contributed by atoms with van der Waals surface area (Å²) >= 11 is 0. The van der Waals surface area contributed by atoms with Crippen molar-refractivity contribution in [2.75, 3.05) is 6.61 Å². The van der Waals surface area contributed by atoms with E-state index >= 15 is 0 Å². The molecule has 2 aromatic carbocycles. The van der Waals surface area contributed by atoms with Crippen LogP contribution in [0.1, 0.15) is 46.1 Å². The molecule has 0 radical (unpaired) electrons. The normalized spacial score (nSPS) is 11.6. The number of allylic oxidation sites excluding steroid dienone is 4. The lowest BCUT2D eigenvalue weighted by Crippen LogP contribution is -1.93. The third-order valence-corrected chi connectivity index (χ3v) is 4.10. The number of fused-ring (bicyclic) bond motifs is 1. The Morgan fingerprint density at radius 3 is 2.62 bits per heavy atom. The van der Waals surface area contributed by atoms with Crippen LogP contribution in [0.3, 0.4) is 0 Å². The van der Waals surface area contributed by atoms with E-state index in [0.717, 1.165) is 41.3 Å². The van der Waals surface area contributed by atoms with Gasteiger partial charge in [0.05, 0.1) is 6.61 Å². The van der Waals surface area contributed by atoms with Crippen molar-refractivity contribution in [1.29, 1.82) is 0 Å². The Hall–Kier alpha value is -2.22. The minimum Gasteiger partial charge on any atom is -0.508 e. The van der Waals surface area contributed by atoms with Crippen LogP contribution in [0, 0.1) is 0 Å². The number of benzene rings is 2. The molecule has 0 aliphatic carbocycles. The second-order valence-electron chi connectivity index (χ2n) is 6.47. The van der Waals surface area contributed by atoms with Crippen molar-refractivity contribution in [2.24, 2.45) is 0 Å². The highest BCUT2D eigenvalue weighted by atomic mass is 16.5. The quantitative estimate of drug-likeness (QED) is 0.616. The Kier molecular flexibility index (Phi) is 6.48. The van der Waals surface area contributed by atoms with Gasteiger partial charge in [-0.3, -0.25) is 0 Å². The Balaban J connectivity index is 2.18. The van der Waals surface area contributed by atoms with Gasteiger partial charge in [-0.1, -0.05) is 35.4 Å². The minimum absolute atomic E-state index is 0.336. The van der Waals surface area contributed by atoms with Gasteiger partial charge in [-0.05, 0) is 76.1 Å². The molecule has 0 aliphatic heterocycles. The standard InChI is InChI=1S/C22H28O2/c1-5-24-22-11-7-10-18-14-19(21(23)15-20(18)22)13-12-17(4)9-6-8-16(2)3/h7-8,10-12,14-15,23H,5-6,9,13H2,1-4H3/b17-12+. The number of rotatable bonds is 7. The summed E-state index contributed by atoms with van der Waals surface area (Å²) in [6.45, 7) is 9.00. The Morgan fingerprint density at radius 1 is 1.12 bits per heavy atom. The van der Waals surface area contributed by atoms with Gasteiger partial charge in [0, 0.05) is 5.39 Å². The summed E-state index contributed by atoms with van der Waals surface area (Å²) in [7, 11) is 0. The van der Waals surface area contributed by atoms with E-state index in [1.54, 1.807) is 0 Å². The van der Waals surface area contributed by atoms with E-state index in [-0.39, 0.29) is 0 Å². The van der Waals surface area contributed by atoms with Gasteiger partial charge in [0.15, 0.2) is 0 Å². The molecule has 24 heavy (non-hydrogen) atoms. The molecular formula is C22H28O2. The third-order valence-electron chi connectivity index (χ3n) is 4.10. The zero-order valence-electron chi connectivity index (χ0n) is 15.2. The maximum atomic E-state index is 10.4. The molecule has 0 amide bonds. The molecule has 0 aromatic heterocycles. The van der Waals surface area contributed by atoms with E-state index in [1.807, 2.05) is 25.1 Å². The molecule has 128 valence electrons. The number of phenolic OH excluding ortho intramolecular Hbond substituents is 1. The molecule has 0 bridgehead atoms. The SMILES string of the molecule is CCOc1cccc2cc(C/C=C(\C)CCC=C(C)C)c(O)cc12. The highest BCUT2D eigenvalue weighted by Crippen LogP contribution is 2.32. The van der Waals surface area contributed by atoms with Crippen LogP contribution in [-0.4, -0.2) is 11.7 Å². The molecule has 0 atom stereocenters. The maximum Gasteiger partial charge on any atom is 0.127 e. The summed E-state index contributed by atoms with van der Waals surface area (Å²) in [4.78, 5) is 0. The predicted molar refractivity (Wildman–Crippen MR) is 103 cm³/mol. The van der Waals surface area contributed by atoms with Crippen molar-refractivity contribution < 1.29 is 9.84 Å². The van der Waals surface area contributed by atoms with Crippen molar-refractivity contribution in [1.82, 2.24) is 0 Å². The summed E-state index contributed by atoms with van der Waals surface area (Å²) in [6, 6.07) is 9.88. The Labute approximate surface area is 145 Å². The van der Waals surface area contributed by atoms with Gasteiger partial charge >= 0.3 is 0 Å². The first-order valence-corrected chi connectivity index (χ1v) is 8.67. The van der Waals surface area contributed by atoms with Crippen molar-refractivity contribution in [3.05, 3.63) is 59.2 Å². The summed E-state index contributed by atoms with van der Waals surface area (Å²) in [6.07, 6.45) is 7.37. The molecular weight excluding hydrogens is 296 g/mol. The van der Waals surface area contributed by atoms with Crippen LogP contribution in [0.15, 0.2) is 53.6 Å². The van der Waals surface area contributed by atoms with Crippen molar-refractivity contribution in [3.63, 3.8) is 0 Å². The van der Waals surface area contributed by atoms with E-state index in [4.69, 9.17) is 4.74 Å². The number of aromatic hydroxyl groups is 1. The lowest BCUT2D eigenvalue weighted by Gasteiger charge is -2.10. The molecule has 0 spiro atoms. The zero-order valence-corrected chi connectivity index (χ0v) is 15.2. The Morgan fingerprint density at radius 2 is 1.92 bits per heavy atom. The fourth-order valence-electron chi connectivity index (χ4n) is 2.75. The van der Waals surface area contributed by atoms with Crippen molar-refractivity contribution >= 4 is 10.8 Å². The van der Waals surface area contributed by atoms with Crippen LogP contribution in [0.2, 0.25) is 0 Å². The molecule has 0 aliphatic rings. The monoisotopic (exact) mass is 324 g/mol. The molecule has 1 N–H and O–H groups in total. The van der Waals surface area contributed by atoms with Crippen LogP contribution in [-0.2, 0) is 6.42 Å². The van der Waals surface area contributed by atoms with Crippen LogP contribution >= 0.6 is 0 Å². The van der Waals surface area contributed by atoms with Crippen LogP contribution < -0.4 is 4.74 Å². The highest BCUT2D eigenvalue weighted by molar-refractivity contribution is 5.90. The number of phenols is 1. The summed E-state index contributed by atoms with van der Waals surface area (Å²) < 4.78 is 5.65. The number of ether oxygens (including phenoxy) is 1. The van der Waals surface area contributed by atoms with Gasteiger partial charge in [0.1, 0.15) is 11.5 Å². The van der Waals surface area contributed by atoms with Crippen LogP contribution in [0.25, 0.3) is 10.8 Å². The van der Waals surface area contributed by atoms with E-state index in [1.165, 1.54) is 11.1 Å². The zero-order chi connectivity index (χ0) is 17.5. The van der Waals surface area contributed by atoms with Gasteiger partial charge in [-0.15, -0.1) is 0 Å². The first kappa shape index (κ1) is 18.1. The molecule has 2 heteroatoms. The largest absolute Gasteiger partial charge is 0.508 e. The predicted octanol–water partition coefficient (Wildman–Crippen LogP) is 6.18. The molecule has 2 aromatic rings. The average molecular weight is 324 g/mol. The fourth-order valence-corrected chi connectivity index (χ4v) is 2.75. The lowest BCUT2D eigenvalue weighted by atomic mass is 10.0. The van der Waals surface area contributed by atoms with Gasteiger partial charge < -0.3 is 9.84 Å². The fraction of sp³-hybridized carbons (Fsp3) is 0.364. The van der Waals surface area contributed by atoms with Crippen LogP contribution in [0.5, 0.6) is 11.5 Å². The minimum atomic E-state index is 0.336. The molecule has 0 heterocycles. The highest BCUT2D eigenvalue weighted by Gasteiger charge is 2.07. The first-order chi connectivity index (χ1) is 11.5. The Bertz CT molecular complexity index is 750. The van der Waals surface area contributed by atoms with Gasteiger partial charge in [-0.2, -0.15) is 0 Å². The third kappa shape index (κ3) is 4.89. The van der Waals surface area contributed by atoms with E-state index < -0.39 is 0 Å². The number of hydrogen-bond donors (Lipinski definition) is 1. The van der Waals surface area contributed by atoms with E-state index in [0.29, 0.717) is 12.4 Å². The molecule has 2 nitrogen and oxygen atoms in total. The number of hydrogen-bond acceptors (Lipinski definition) is 2. The second-order valence-corrected chi connectivity index (χ2v) is 6.47.